The average Bonchev–Trinajstić information content (AvgIpc) is 2.99. The molecule has 1 fully saturated rings. The van der Waals surface area contributed by atoms with Gasteiger partial charge in [0.05, 0.1) is 16.7 Å². The summed E-state index contributed by atoms with van der Waals surface area (Å²) in [4.78, 5) is 31.6. The maximum atomic E-state index is 13.6. The normalized spacial score (nSPS) is 28.7. The van der Waals surface area contributed by atoms with Gasteiger partial charge in [-0.2, -0.15) is 0 Å². The fraction of sp³-hybridized carbons (Fsp3) is 0.261. The van der Waals surface area contributed by atoms with Crippen LogP contribution in [0, 0.1) is 5.92 Å². The molecular formula is C23H16Cl2N2O5S. The Morgan fingerprint density at radius 2 is 2.09 bits per heavy atom. The van der Waals surface area contributed by atoms with Crippen molar-refractivity contribution in [3.8, 4) is 11.5 Å². The van der Waals surface area contributed by atoms with Crippen molar-refractivity contribution in [1.29, 1.82) is 0 Å². The largest absolute Gasteiger partial charge is 0.506 e. The van der Waals surface area contributed by atoms with Gasteiger partial charge in [0, 0.05) is 16.1 Å². The number of halogens is 2. The number of methoxy groups -OCH3 is 1. The molecule has 168 valence electrons. The molecule has 2 aliphatic heterocycles. The molecule has 1 N–H and O–H groups in total. The molecular weight excluding hydrogens is 487 g/mol. The van der Waals surface area contributed by atoms with Crippen LogP contribution in [0.25, 0.3) is 6.08 Å². The van der Waals surface area contributed by atoms with Crippen molar-refractivity contribution in [2.45, 2.75) is 24.1 Å². The molecule has 3 aromatic rings. The zero-order chi connectivity index (χ0) is 23.3. The monoisotopic (exact) mass is 502 g/mol. The highest BCUT2D eigenvalue weighted by Crippen LogP contribution is 2.70. The van der Waals surface area contributed by atoms with Crippen molar-refractivity contribution >= 4 is 46.6 Å². The highest BCUT2D eigenvalue weighted by molar-refractivity contribution is 7.07. The van der Waals surface area contributed by atoms with Crippen LogP contribution in [0.4, 0.5) is 0 Å². The van der Waals surface area contributed by atoms with Gasteiger partial charge in [0.2, 0.25) is 0 Å². The van der Waals surface area contributed by atoms with E-state index in [-0.39, 0.29) is 16.3 Å². The molecule has 0 saturated heterocycles. The van der Waals surface area contributed by atoms with E-state index >= 15 is 0 Å². The Hall–Kier alpha value is -2.81. The second-order valence-electron chi connectivity index (χ2n) is 8.44. The van der Waals surface area contributed by atoms with Crippen LogP contribution in [0.3, 0.4) is 0 Å². The molecule has 1 aromatic heterocycles. The topological polar surface area (TPSA) is 90.1 Å². The molecule has 6 rings (SSSR count). The predicted molar refractivity (Wildman–Crippen MR) is 123 cm³/mol. The third-order valence-electron chi connectivity index (χ3n) is 6.80. The number of phenols is 1. The standard InChI is InChI=1S/C23H16Cl2N2O5S/c1-22-17(20(30)31-2)23(22)18(12-5-3-4-6-14(12)32-23)27-19(29)15(33-21(27)26-22)8-10-7-11(24)9-13(25)16(10)28/h3-9,17-18,28H,1-2H3/t17-,18+,22+,23+/m1/s1. The molecule has 1 saturated carbocycles. The molecule has 33 heavy (non-hydrogen) atoms. The first-order chi connectivity index (χ1) is 15.7. The summed E-state index contributed by atoms with van der Waals surface area (Å²) in [5, 5.41) is 10.8. The van der Waals surface area contributed by atoms with E-state index in [1.165, 1.54) is 30.6 Å². The molecule has 4 atom stereocenters. The van der Waals surface area contributed by atoms with Gasteiger partial charge in [0.15, 0.2) is 10.4 Å². The summed E-state index contributed by atoms with van der Waals surface area (Å²) in [5.41, 5.74) is -1.10. The number of ether oxygens (including phenoxy) is 2. The maximum absolute atomic E-state index is 13.6. The van der Waals surface area contributed by atoms with E-state index in [0.717, 1.165) is 5.56 Å². The molecule has 7 nitrogen and oxygen atoms in total. The lowest BCUT2D eigenvalue weighted by molar-refractivity contribution is -0.144. The van der Waals surface area contributed by atoms with Crippen molar-refractivity contribution in [3.05, 3.63) is 77.3 Å². The van der Waals surface area contributed by atoms with Gasteiger partial charge in [-0.3, -0.25) is 14.2 Å². The third kappa shape index (κ3) is 2.48. The zero-order valence-corrected chi connectivity index (χ0v) is 19.7. The van der Waals surface area contributed by atoms with Crippen LogP contribution in [0.1, 0.15) is 24.1 Å². The summed E-state index contributed by atoms with van der Waals surface area (Å²) >= 11 is 13.3. The van der Waals surface area contributed by atoms with E-state index in [0.29, 0.717) is 25.7 Å². The summed E-state index contributed by atoms with van der Waals surface area (Å²) in [6, 6.07) is 9.85. The van der Waals surface area contributed by atoms with Crippen molar-refractivity contribution in [1.82, 2.24) is 4.57 Å². The van der Waals surface area contributed by atoms with Crippen molar-refractivity contribution in [2.24, 2.45) is 10.9 Å². The highest BCUT2D eigenvalue weighted by atomic mass is 35.5. The van der Waals surface area contributed by atoms with Crippen LogP contribution in [0.15, 0.2) is 46.2 Å². The van der Waals surface area contributed by atoms with Crippen LogP contribution in [0.2, 0.25) is 10.0 Å². The number of hydrogen-bond acceptors (Lipinski definition) is 7. The SMILES string of the molecule is COC(=O)[C@H]1[C@]23Oc4ccccc4[C@@H]2n2c(sc(=Cc4cc(Cl)cc(Cl)c4O)c2=O)=N[C@@]13C. The Kier molecular flexibility index (Phi) is 4.17. The van der Waals surface area contributed by atoms with Crippen LogP contribution in [0.5, 0.6) is 11.5 Å². The summed E-state index contributed by atoms with van der Waals surface area (Å²) in [7, 11) is 1.33. The zero-order valence-electron chi connectivity index (χ0n) is 17.3. The number of carbonyl (C=O) groups excluding carboxylic acids is 1. The van der Waals surface area contributed by atoms with Gasteiger partial charge in [-0.1, -0.05) is 52.7 Å². The number of aromatic hydroxyl groups is 1. The van der Waals surface area contributed by atoms with Crippen LogP contribution < -0.4 is 19.6 Å². The van der Waals surface area contributed by atoms with Crippen molar-refractivity contribution in [3.63, 3.8) is 0 Å². The quantitative estimate of drug-likeness (QED) is 0.544. The third-order valence-corrected chi connectivity index (χ3v) is 8.29. The first-order valence-electron chi connectivity index (χ1n) is 10.1. The number of fused-ring (bicyclic) bond motifs is 4. The summed E-state index contributed by atoms with van der Waals surface area (Å²) in [6.45, 7) is 1.85. The maximum Gasteiger partial charge on any atom is 0.315 e. The number of phenolic OH excluding ortho intramolecular Hbond substituents is 1. The Morgan fingerprint density at radius 3 is 2.85 bits per heavy atom. The predicted octanol–water partition coefficient (Wildman–Crippen LogP) is 2.67. The lowest BCUT2D eigenvalue weighted by atomic mass is 9.97. The summed E-state index contributed by atoms with van der Waals surface area (Å²) < 4.78 is 13.3. The summed E-state index contributed by atoms with van der Waals surface area (Å²) in [5.74, 6) is -0.624. The van der Waals surface area contributed by atoms with E-state index in [4.69, 9.17) is 37.7 Å². The van der Waals surface area contributed by atoms with Gasteiger partial charge in [-0.25, -0.2) is 4.99 Å². The Bertz CT molecular complexity index is 1560. The van der Waals surface area contributed by atoms with Gasteiger partial charge in [-0.05, 0) is 31.2 Å². The van der Waals surface area contributed by atoms with E-state index < -0.39 is 29.1 Å². The van der Waals surface area contributed by atoms with Crippen molar-refractivity contribution < 1.29 is 19.4 Å². The number of aromatic nitrogens is 1. The first kappa shape index (κ1) is 20.8. The molecule has 3 aliphatic rings. The Balaban J connectivity index is 1.63. The van der Waals surface area contributed by atoms with Crippen LogP contribution >= 0.6 is 34.5 Å². The van der Waals surface area contributed by atoms with Crippen molar-refractivity contribution in [2.75, 3.05) is 7.11 Å². The lowest BCUT2D eigenvalue weighted by Gasteiger charge is -2.26. The number of carbonyl (C=O) groups is 1. The molecule has 1 spiro atoms. The number of nitrogens with zero attached hydrogens (tertiary/aromatic N) is 2. The number of rotatable bonds is 2. The second-order valence-corrected chi connectivity index (χ2v) is 10.3. The molecule has 0 bridgehead atoms. The number of thiazole rings is 1. The van der Waals surface area contributed by atoms with Gasteiger partial charge < -0.3 is 14.6 Å². The Labute approximate surface area is 201 Å². The number of hydrogen-bond donors (Lipinski definition) is 1. The molecule has 10 heteroatoms. The van der Waals surface area contributed by atoms with Gasteiger partial charge in [-0.15, -0.1) is 0 Å². The second kappa shape index (κ2) is 6.62. The lowest BCUT2D eigenvalue weighted by Crippen LogP contribution is -2.47. The highest BCUT2D eigenvalue weighted by Gasteiger charge is 2.88. The number of esters is 1. The molecule has 0 radical (unpaired) electrons. The minimum Gasteiger partial charge on any atom is -0.506 e. The van der Waals surface area contributed by atoms with E-state index in [1.807, 2.05) is 31.2 Å². The molecule has 1 aliphatic carbocycles. The molecule has 0 unspecified atom stereocenters. The van der Waals surface area contributed by atoms with Crippen LogP contribution in [-0.2, 0) is 9.53 Å². The summed E-state index contributed by atoms with van der Waals surface area (Å²) in [6.07, 6.45) is 1.54. The minimum absolute atomic E-state index is 0.0895. The van der Waals surface area contributed by atoms with Gasteiger partial charge in [0.25, 0.3) is 5.56 Å². The Morgan fingerprint density at radius 1 is 1.33 bits per heavy atom. The first-order valence-corrected chi connectivity index (χ1v) is 11.7. The van der Waals surface area contributed by atoms with E-state index in [9.17, 15) is 14.7 Å². The van der Waals surface area contributed by atoms with E-state index in [1.54, 1.807) is 10.6 Å². The number of para-hydroxylation sites is 1. The minimum atomic E-state index is -1.04. The molecule has 3 heterocycles. The number of benzene rings is 2. The smallest absolute Gasteiger partial charge is 0.315 e. The fourth-order valence-electron chi connectivity index (χ4n) is 5.30. The molecule has 2 aromatic carbocycles. The molecule has 0 amide bonds. The van der Waals surface area contributed by atoms with Crippen LogP contribution in [-0.4, -0.2) is 33.9 Å². The van der Waals surface area contributed by atoms with Gasteiger partial charge >= 0.3 is 5.97 Å². The van der Waals surface area contributed by atoms with Gasteiger partial charge in [0.1, 0.15) is 29.0 Å². The average molecular weight is 503 g/mol. The van der Waals surface area contributed by atoms with E-state index in [2.05, 4.69) is 0 Å². The fourth-order valence-corrected chi connectivity index (χ4v) is 6.90.